The maximum Gasteiger partial charge on any atom is 0.338 e. The first-order valence-electron chi connectivity index (χ1n) is 17.8. The number of benzene rings is 2. The molecule has 0 radical (unpaired) electrons. The van der Waals surface area contributed by atoms with Gasteiger partial charge in [-0.05, 0) is 24.3 Å². The molecule has 2 rings (SSSR count). The molecule has 20 nitrogen and oxygen atoms in total. The Morgan fingerprint density at radius 2 is 0.464 bits per heavy atom. The van der Waals surface area contributed by atoms with Crippen molar-refractivity contribution in [2.75, 3.05) is 145 Å². The highest BCUT2D eigenvalue weighted by Crippen LogP contribution is 2.36. The molecular weight excluding hydrogens is 752 g/mol. The monoisotopic (exact) mass is 806 g/mol. The number of esters is 2. The second-order valence-corrected chi connectivity index (χ2v) is 11.1. The summed E-state index contributed by atoms with van der Waals surface area (Å²) in [5, 5.41) is 56.4. The predicted molar refractivity (Wildman–Crippen MR) is 192 cm³/mol. The first-order chi connectivity index (χ1) is 27.2. The van der Waals surface area contributed by atoms with Crippen molar-refractivity contribution in [1.82, 2.24) is 0 Å². The van der Waals surface area contributed by atoms with Crippen molar-refractivity contribution < 1.29 is 97.1 Å². The van der Waals surface area contributed by atoms with Crippen molar-refractivity contribution in [1.29, 1.82) is 0 Å². The van der Waals surface area contributed by atoms with E-state index in [-0.39, 0.29) is 50.8 Å². The minimum atomic E-state index is -0.780. The van der Waals surface area contributed by atoms with Crippen LogP contribution in [0, 0.1) is 0 Å². The van der Waals surface area contributed by atoms with Gasteiger partial charge in [-0.25, -0.2) is 9.59 Å². The highest BCUT2D eigenvalue weighted by Gasteiger charge is 2.15. The van der Waals surface area contributed by atoms with Crippen LogP contribution in [-0.2, 0) is 56.8 Å². The maximum absolute atomic E-state index is 11.9. The molecule has 0 spiro atoms. The summed E-state index contributed by atoms with van der Waals surface area (Å²) in [4.78, 5) is 23.8. The third-order valence-electron chi connectivity index (χ3n) is 6.88. The molecule has 318 valence electrons. The van der Waals surface area contributed by atoms with Crippen LogP contribution < -0.4 is 0 Å². The molecule has 6 N–H and O–H groups in total. The summed E-state index contributed by atoms with van der Waals surface area (Å²) in [5.41, 5.74) is -0.212. The second kappa shape index (κ2) is 30.9. The van der Waals surface area contributed by atoms with E-state index in [0.29, 0.717) is 106 Å². The molecule has 0 bridgehead atoms. The fraction of sp³-hybridized carbons (Fsp3) is 0.611. The Hall–Kier alpha value is -4.22. The number of rotatable bonds is 35. The van der Waals surface area contributed by atoms with Crippen LogP contribution in [0.3, 0.4) is 0 Å². The van der Waals surface area contributed by atoms with E-state index >= 15 is 0 Å². The fourth-order valence-corrected chi connectivity index (χ4v) is 4.08. The van der Waals surface area contributed by atoms with Gasteiger partial charge in [0, 0.05) is 0 Å². The smallest absolute Gasteiger partial charge is 0.338 e. The predicted octanol–water partition coefficient (Wildman–Crippen LogP) is 1.10. The summed E-state index contributed by atoms with van der Waals surface area (Å²) in [5.74, 6) is -5.50. The molecule has 0 aromatic heterocycles. The highest BCUT2D eigenvalue weighted by atomic mass is 16.6. The van der Waals surface area contributed by atoms with Crippen LogP contribution in [0.1, 0.15) is 20.7 Å². The summed E-state index contributed by atoms with van der Waals surface area (Å²) in [6.07, 6.45) is 0. The van der Waals surface area contributed by atoms with Crippen LogP contribution in [0.25, 0.3) is 0 Å². The van der Waals surface area contributed by atoms with Gasteiger partial charge in [0.15, 0.2) is 34.5 Å². The number of phenols is 6. The van der Waals surface area contributed by atoms with E-state index in [4.69, 9.17) is 56.8 Å². The Morgan fingerprint density at radius 3 is 0.643 bits per heavy atom. The molecule has 2 aromatic rings. The largest absolute Gasteiger partial charge is 0.504 e. The number of carbonyl (C=O) groups excluding carboxylic acids is 2. The zero-order valence-electron chi connectivity index (χ0n) is 31.3. The molecule has 0 amide bonds. The van der Waals surface area contributed by atoms with Crippen molar-refractivity contribution in [2.24, 2.45) is 0 Å². The third-order valence-corrected chi connectivity index (χ3v) is 6.88. The van der Waals surface area contributed by atoms with Crippen molar-refractivity contribution in [3.63, 3.8) is 0 Å². The molecule has 0 aliphatic carbocycles. The van der Waals surface area contributed by atoms with Crippen LogP contribution in [0.15, 0.2) is 24.3 Å². The van der Waals surface area contributed by atoms with Gasteiger partial charge in [-0.3, -0.25) is 0 Å². The quantitative estimate of drug-likeness (QED) is 0.0323. The van der Waals surface area contributed by atoms with E-state index in [1.807, 2.05) is 0 Å². The van der Waals surface area contributed by atoms with Gasteiger partial charge in [0.25, 0.3) is 0 Å². The van der Waals surface area contributed by atoms with Gasteiger partial charge in [0.05, 0.1) is 143 Å². The number of hydrogen-bond donors (Lipinski definition) is 6. The number of ether oxygens (including phenoxy) is 12. The fourth-order valence-electron chi connectivity index (χ4n) is 4.08. The van der Waals surface area contributed by atoms with Gasteiger partial charge in [0.2, 0.25) is 0 Å². The average molecular weight is 807 g/mol. The van der Waals surface area contributed by atoms with E-state index in [1.165, 1.54) is 0 Å². The van der Waals surface area contributed by atoms with Gasteiger partial charge in [0.1, 0.15) is 13.2 Å². The Kier molecular flexibility index (Phi) is 26.5. The van der Waals surface area contributed by atoms with E-state index in [1.54, 1.807) is 0 Å². The Labute approximate surface area is 324 Å². The lowest BCUT2D eigenvalue weighted by atomic mass is 10.2. The third kappa shape index (κ3) is 22.4. The van der Waals surface area contributed by atoms with Gasteiger partial charge >= 0.3 is 11.9 Å². The average Bonchev–Trinajstić information content (AvgIpc) is 3.18. The zero-order chi connectivity index (χ0) is 40.6. The molecule has 0 heterocycles. The molecule has 20 heteroatoms. The molecule has 56 heavy (non-hydrogen) atoms. The second-order valence-electron chi connectivity index (χ2n) is 11.1. The van der Waals surface area contributed by atoms with E-state index in [9.17, 15) is 40.2 Å². The number of hydrogen-bond acceptors (Lipinski definition) is 20. The van der Waals surface area contributed by atoms with Crippen LogP contribution in [0.4, 0.5) is 0 Å². The first-order valence-corrected chi connectivity index (χ1v) is 17.8. The van der Waals surface area contributed by atoms with Crippen molar-refractivity contribution in [3.8, 4) is 34.5 Å². The summed E-state index contributed by atoms with van der Waals surface area (Å²) in [6, 6.07) is 3.95. The van der Waals surface area contributed by atoms with Gasteiger partial charge in [-0.2, -0.15) is 0 Å². The van der Waals surface area contributed by atoms with Crippen molar-refractivity contribution in [3.05, 3.63) is 35.4 Å². The SMILES string of the molecule is O=C(OCCOCCOCCOCCOCCOCCOCCOCCOCCOCCOCCOC(=O)c1cc(O)c(O)c(O)c1)c1cc(O)c(O)c(O)c1. The zero-order valence-corrected chi connectivity index (χ0v) is 31.3. The van der Waals surface area contributed by atoms with Gasteiger partial charge in [-0.1, -0.05) is 0 Å². The summed E-state index contributed by atoms with van der Waals surface area (Å²) >= 11 is 0. The summed E-state index contributed by atoms with van der Waals surface area (Å²) < 4.78 is 64.0. The molecule has 0 saturated heterocycles. The Bertz CT molecular complexity index is 1210. The first kappa shape index (κ1) is 47.9. The molecule has 0 unspecified atom stereocenters. The molecule has 0 aliphatic rings. The van der Waals surface area contributed by atoms with Crippen LogP contribution >= 0.6 is 0 Å². The maximum atomic E-state index is 11.9. The Morgan fingerprint density at radius 1 is 0.304 bits per heavy atom. The van der Waals surface area contributed by atoms with E-state index in [0.717, 1.165) is 24.3 Å². The lowest BCUT2D eigenvalue weighted by Gasteiger charge is -2.09. The minimum Gasteiger partial charge on any atom is -0.504 e. The van der Waals surface area contributed by atoms with Gasteiger partial charge in [-0.15, -0.1) is 0 Å². The normalized spacial score (nSPS) is 11.2. The van der Waals surface area contributed by atoms with Crippen LogP contribution in [0.2, 0.25) is 0 Å². The molecule has 0 aliphatic heterocycles. The molecular formula is C36H54O20. The van der Waals surface area contributed by atoms with Crippen molar-refractivity contribution in [2.45, 2.75) is 0 Å². The highest BCUT2D eigenvalue weighted by molar-refractivity contribution is 5.91. The molecule has 0 fully saturated rings. The number of carbonyl (C=O) groups is 2. The minimum absolute atomic E-state index is 0.0407. The summed E-state index contributed by atoms with van der Waals surface area (Å²) in [6.45, 7) is 7.22. The lowest BCUT2D eigenvalue weighted by molar-refractivity contribution is -0.0277. The summed E-state index contributed by atoms with van der Waals surface area (Å²) in [7, 11) is 0. The van der Waals surface area contributed by atoms with Crippen LogP contribution in [-0.4, -0.2) is 188 Å². The number of aromatic hydroxyl groups is 6. The Balaban J connectivity index is 1.19. The molecule has 0 saturated carbocycles. The van der Waals surface area contributed by atoms with Gasteiger partial charge < -0.3 is 87.5 Å². The van der Waals surface area contributed by atoms with E-state index in [2.05, 4.69) is 0 Å². The van der Waals surface area contributed by atoms with E-state index < -0.39 is 46.4 Å². The molecule has 0 atom stereocenters. The van der Waals surface area contributed by atoms with Crippen LogP contribution in [0.5, 0.6) is 34.5 Å². The lowest BCUT2D eigenvalue weighted by Crippen LogP contribution is -2.16. The van der Waals surface area contributed by atoms with Crippen molar-refractivity contribution >= 4 is 11.9 Å². The molecule has 2 aromatic carbocycles. The standard InChI is InChI=1S/C36H54O20/c37-29-23-27(24-30(38)33(29)41)35(43)55-21-19-53-17-15-51-13-11-49-9-7-47-5-3-45-1-2-46-4-6-48-8-10-50-12-14-52-16-18-54-20-22-56-36(44)28-25-31(39)34(42)32(40)26-28/h23-26,37-42H,1-22H2. The number of phenolic OH excluding ortho intramolecular Hbond substituents is 6. The topological polar surface area (TPSA) is 266 Å².